The van der Waals surface area contributed by atoms with Gasteiger partial charge in [0.15, 0.2) is 5.75 Å². The van der Waals surface area contributed by atoms with Crippen LogP contribution in [-0.2, 0) is 4.79 Å². The van der Waals surface area contributed by atoms with E-state index >= 15 is 0 Å². The molecule has 1 aromatic carbocycles. The highest BCUT2D eigenvalue weighted by atomic mass is 16.6. The van der Waals surface area contributed by atoms with Crippen LogP contribution in [-0.4, -0.2) is 28.7 Å². The third-order valence-corrected chi connectivity index (χ3v) is 3.42. The van der Waals surface area contributed by atoms with Crippen molar-refractivity contribution in [3.8, 4) is 11.5 Å². The van der Waals surface area contributed by atoms with Crippen LogP contribution in [0.5, 0.6) is 11.5 Å². The Hall–Kier alpha value is -2.31. The minimum atomic E-state index is -0.937. The molecule has 0 aromatic heterocycles. The highest BCUT2D eigenvalue weighted by Crippen LogP contribution is 2.41. The number of nitro benzene ring substituents is 1. The van der Waals surface area contributed by atoms with Crippen molar-refractivity contribution in [2.45, 2.75) is 31.3 Å². The molecule has 1 aliphatic carbocycles. The fourth-order valence-corrected chi connectivity index (χ4v) is 2.29. The van der Waals surface area contributed by atoms with Gasteiger partial charge in [-0.3, -0.25) is 14.9 Å². The summed E-state index contributed by atoms with van der Waals surface area (Å²) in [6, 6.07) is 4.26. The number of methoxy groups -OCH3 is 1. The monoisotopic (exact) mass is 281 g/mol. The molecule has 1 fully saturated rings. The number of hydrogen-bond acceptors (Lipinski definition) is 5. The summed E-state index contributed by atoms with van der Waals surface area (Å²) in [5, 5.41) is 19.8. The molecule has 1 aliphatic rings. The largest absolute Gasteiger partial charge is 0.490 e. The molecule has 0 unspecified atom stereocenters. The number of aliphatic carboxylic acids is 1. The second kappa shape index (κ2) is 5.36. The van der Waals surface area contributed by atoms with Crippen LogP contribution in [0.1, 0.15) is 25.7 Å². The molecule has 1 saturated carbocycles. The van der Waals surface area contributed by atoms with E-state index in [2.05, 4.69) is 0 Å². The van der Waals surface area contributed by atoms with Crippen LogP contribution in [0.25, 0.3) is 0 Å². The van der Waals surface area contributed by atoms with Gasteiger partial charge in [-0.1, -0.05) is 0 Å². The summed E-state index contributed by atoms with van der Waals surface area (Å²) >= 11 is 0. The van der Waals surface area contributed by atoms with Crippen LogP contribution in [0.4, 0.5) is 5.69 Å². The van der Waals surface area contributed by atoms with Gasteiger partial charge in [0.05, 0.1) is 24.5 Å². The summed E-state index contributed by atoms with van der Waals surface area (Å²) < 4.78 is 10.6. The van der Waals surface area contributed by atoms with Crippen molar-refractivity contribution in [1.29, 1.82) is 0 Å². The van der Waals surface area contributed by atoms with Crippen LogP contribution in [0.3, 0.4) is 0 Å². The summed E-state index contributed by atoms with van der Waals surface area (Å²) in [6.45, 7) is 0. The third kappa shape index (κ3) is 2.81. The van der Waals surface area contributed by atoms with Crippen molar-refractivity contribution < 1.29 is 24.3 Å². The van der Waals surface area contributed by atoms with Crippen LogP contribution >= 0.6 is 0 Å². The molecule has 0 amide bonds. The van der Waals surface area contributed by atoms with E-state index in [1.807, 2.05) is 0 Å². The Bertz CT molecular complexity index is 538. The van der Waals surface area contributed by atoms with Gasteiger partial charge in [0.25, 0.3) is 0 Å². The van der Waals surface area contributed by atoms with E-state index in [0.29, 0.717) is 18.6 Å². The second-order valence-corrected chi connectivity index (χ2v) is 4.80. The SMILES string of the molecule is COc1ccc(OC2(CC(=O)O)CCC2)cc1[N+](=O)[O-]. The predicted octanol–water partition coefficient (Wildman–Crippen LogP) is 2.38. The second-order valence-electron chi connectivity index (χ2n) is 4.80. The molecule has 7 nitrogen and oxygen atoms in total. The Morgan fingerprint density at radius 2 is 2.20 bits per heavy atom. The summed E-state index contributed by atoms with van der Waals surface area (Å²) in [4.78, 5) is 21.2. The number of carboxylic acids is 1. The van der Waals surface area contributed by atoms with Crippen molar-refractivity contribution >= 4 is 11.7 Å². The lowest BCUT2D eigenvalue weighted by Crippen LogP contribution is -2.45. The third-order valence-electron chi connectivity index (χ3n) is 3.42. The molecule has 7 heteroatoms. The van der Waals surface area contributed by atoms with Crippen molar-refractivity contribution in [1.82, 2.24) is 0 Å². The molecular weight excluding hydrogens is 266 g/mol. The van der Waals surface area contributed by atoms with Gasteiger partial charge in [0, 0.05) is 0 Å². The molecule has 20 heavy (non-hydrogen) atoms. The lowest BCUT2D eigenvalue weighted by Gasteiger charge is -2.40. The average molecular weight is 281 g/mol. The molecule has 2 rings (SSSR count). The first kappa shape index (κ1) is 14.1. The number of carbonyl (C=O) groups is 1. The fourth-order valence-electron chi connectivity index (χ4n) is 2.29. The standard InChI is InChI=1S/C13H15NO6/c1-19-11-4-3-9(7-10(11)14(17)18)20-13(5-2-6-13)8-12(15)16/h3-4,7H,2,5-6,8H2,1H3,(H,15,16). The van der Waals surface area contributed by atoms with Gasteiger partial charge in [0.1, 0.15) is 11.4 Å². The zero-order valence-corrected chi connectivity index (χ0v) is 11.0. The van der Waals surface area contributed by atoms with E-state index in [0.717, 1.165) is 6.42 Å². The zero-order chi connectivity index (χ0) is 14.8. The highest BCUT2D eigenvalue weighted by Gasteiger charge is 2.41. The van der Waals surface area contributed by atoms with E-state index < -0.39 is 16.5 Å². The van der Waals surface area contributed by atoms with E-state index in [9.17, 15) is 14.9 Å². The van der Waals surface area contributed by atoms with E-state index in [-0.39, 0.29) is 17.9 Å². The molecule has 108 valence electrons. The molecule has 0 radical (unpaired) electrons. The maximum atomic E-state index is 10.9. The fraction of sp³-hybridized carbons (Fsp3) is 0.462. The first-order valence-electron chi connectivity index (χ1n) is 6.19. The zero-order valence-electron chi connectivity index (χ0n) is 11.0. The summed E-state index contributed by atoms with van der Waals surface area (Å²) in [5.41, 5.74) is -0.941. The first-order chi connectivity index (χ1) is 9.46. The molecular formula is C13H15NO6. The van der Waals surface area contributed by atoms with Crippen LogP contribution < -0.4 is 9.47 Å². The lowest BCUT2D eigenvalue weighted by atomic mass is 9.77. The van der Waals surface area contributed by atoms with Crippen molar-refractivity contribution in [2.75, 3.05) is 7.11 Å². The van der Waals surface area contributed by atoms with Gasteiger partial charge in [-0.05, 0) is 31.4 Å². The minimum Gasteiger partial charge on any atom is -0.490 e. The van der Waals surface area contributed by atoms with Gasteiger partial charge in [0.2, 0.25) is 0 Å². The molecule has 1 aromatic rings. The highest BCUT2D eigenvalue weighted by molar-refractivity contribution is 5.68. The minimum absolute atomic E-state index is 0.104. The van der Waals surface area contributed by atoms with E-state index in [1.165, 1.54) is 19.2 Å². The topological polar surface area (TPSA) is 98.9 Å². The molecule has 0 spiro atoms. The summed E-state index contributed by atoms with van der Waals surface area (Å²) in [6.07, 6.45) is 2.07. The van der Waals surface area contributed by atoms with Crippen molar-refractivity contribution in [2.24, 2.45) is 0 Å². The Kier molecular flexibility index (Phi) is 3.78. The number of benzene rings is 1. The predicted molar refractivity (Wildman–Crippen MR) is 69.1 cm³/mol. The molecule has 0 aliphatic heterocycles. The number of nitrogens with zero attached hydrogens (tertiary/aromatic N) is 1. The Balaban J connectivity index is 2.23. The normalized spacial score (nSPS) is 16.1. The number of hydrogen-bond donors (Lipinski definition) is 1. The van der Waals surface area contributed by atoms with E-state index in [1.54, 1.807) is 6.07 Å². The van der Waals surface area contributed by atoms with Gasteiger partial charge in [-0.25, -0.2) is 0 Å². The molecule has 1 N–H and O–H groups in total. The Labute approximate surface area is 115 Å². The van der Waals surface area contributed by atoms with Gasteiger partial charge in [-0.15, -0.1) is 0 Å². The molecule has 0 bridgehead atoms. The Morgan fingerprint density at radius 1 is 1.50 bits per heavy atom. The van der Waals surface area contributed by atoms with Crippen LogP contribution in [0.15, 0.2) is 18.2 Å². The average Bonchev–Trinajstić information content (AvgIpc) is 2.35. The van der Waals surface area contributed by atoms with Crippen LogP contribution in [0.2, 0.25) is 0 Å². The van der Waals surface area contributed by atoms with Crippen molar-refractivity contribution in [3.63, 3.8) is 0 Å². The number of nitro groups is 1. The van der Waals surface area contributed by atoms with Crippen molar-refractivity contribution in [3.05, 3.63) is 28.3 Å². The molecule has 0 saturated heterocycles. The van der Waals surface area contributed by atoms with E-state index in [4.69, 9.17) is 14.6 Å². The smallest absolute Gasteiger partial charge is 0.314 e. The number of ether oxygens (including phenoxy) is 2. The van der Waals surface area contributed by atoms with Gasteiger partial charge < -0.3 is 14.6 Å². The summed E-state index contributed by atoms with van der Waals surface area (Å²) in [7, 11) is 1.35. The number of carboxylic acid groups (broad SMARTS) is 1. The van der Waals surface area contributed by atoms with Crippen LogP contribution in [0, 0.1) is 10.1 Å². The number of rotatable bonds is 6. The van der Waals surface area contributed by atoms with Gasteiger partial charge >= 0.3 is 11.7 Å². The maximum absolute atomic E-state index is 10.9. The molecule has 0 atom stereocenters. The lowest BCUT2D eigenvalue weighted by molar-refractivity contribution is -0.385. The first-order valence-corrected chi connectivity index (χ1v) is 6.19. The molecule has 0 heterocycles. The quantitative estimate of drug-likeness (QED) is 0.634. The van der Waals surface area contributed by atoms with Gasteiger partial charge in [-0.2, -0.15) is 0 Å². The Morgan fingerprint density at radius 3 is 2.65 bits per heavy atom. The maximum Gasteiger partial charge on any atom is 0.314 e. The summed E-state index contributed by atoms with van der Waals surface area (Å²) in [5.74, 6) is -0.505.